The summed E-state index contributed by atoms with van der Waals surface area (Å²) >= 11 is 0. The lowest BCUT2D eigenvalue weighted by Gasteiger charge is -2.27. The highest BCUT2D eigenvalue weighted by Gasteiger charge is 2.38. The number of hydrogen-bond donors (Lipinski definition) is 0. The number of esters is 2. The Morgan fingerprint density at radius 1 is 1.19 bits per heavy atom. The van der Waals surface area contributed by atoms with Gasteiger partial charge in [0.25, 0.3) is 0 Å². The molecule has 2 saturated heterocycles. The predicted octanol–water partition coefficient (Wildman–Crippen LogP) is 0.843. The Balaban J connectivity index is 1.60. The van der Waals surface area contributed by atoms with Gasteiger partial charge in [-0.15, -0.1) is 0 Å². The molecule has 6 nitrogen and oxygen atoms in total. The Kier molecular flexibility index (Phi) is 4.26. The van der Waals surface area contributed by atoms with Gasteiger partial charge >= 0.3 is 11.9 Å². The first kappa shape index (κ1) is 14.5. The molecule has 2 heterocycles. The molecule has 0 N–H and O–H groups in total. The predicted molar refractivity (Wildman–Crippen MR) is 71.4 cm³/mol. The van der Waals surface area contributed by atoms with Crippen molar-refractivity contribution in [2.45, 2.75) is 32.0 Å². The molecular formula is C15H20O6. The molecule has 1 aliphatic carbocycles. The lowest BCUT2D eigenvalue weighted by Crippen LogP contribution is -2.33. The van der Waals surface area contributed by atoms with Crippen molar-refractivity contribution in [1.29, 1.82) is 0 Å². The maximum Gasteiger partial charge on any atom is 0.334 e. The molecule has 2 aliphatic heterocycles. The van der Waals surface area contributed by atoms with Crippen LogP contribution in [0.25, 0.3) is 0 Å². The first-order chi connectivity index (χ1) is 10.1. The normalized spacial score (nSPS) is 33.9. The van der Waals surface area contributed by atoms with Crippen molar-refractivity contribution in [3.8, 4) is 0 Å². The van der Waals surface area contributed by atoms with Crippen LogP contribution in [0.1, 0.15) is 19.8 Å². The van der Waals surface area contributed by atoms with Crippen LogP contribution in [-0.2, 0) is 28.5 Å². The summed E-state index contributed by atoms with van der Waals surface area (Å²) < 4.78 is 20.5. The topological polar surface area (TPSA) is 77.7 Å². The third-order valence-electron chi connectivity index (χ3n) is 4.00. The quantitative estimate of drug-likeness (QED) is 0.534. The average Bonchev–Trinajstić information content (AvgIpc) is 3.36. The second-order valence-electron chi connectivity index (χ2n) is 5.83. The van der Waals surface area contributed by atoms with Gasteiger partial charge in [-0.3, -0.25) is 4.79 Å². The smallest absolute Gasteiger partial charge is 0.334 e. The van der Waals surface area contributed by atoms with Crippen LogP contribution in [0.3, 0.4) is 0 Å². The number of rotatable bonds is 6. The van der Waals surface area contributed by atoms with E-state index in [1.54, 1.807) is 6.08 Å². The summed E-state index contributed by atoms with van der Waals surface area (Å²) in [7, 11) is 0. The average molecular weight is 296 g/mol. The van der Waals surface area contributed by atoms with E-state index in [2.05, 4.69) is 0 Å². The molecule has 4 atom stereocenters. The molecule has 0 amide bonds. The maximum absolute atomic E-state index is 12.3. The van der Waals surface area contributed by atoms with Crippen molar-refractivity contribution in [3.63, 3.8) is 0 Å². The molecule has 21 heavy (non-hydrogen) atoms. The van der Waals surface area contributed by atoms with E-state index in [9.17, 15) is 9.59 Å². The van der Waals surface area contributed by atoms with E-state index in [-0.39, 0.29) is 37.3 Å². The summed E-state index contributed by atoms with van der Waals surface area (Å²) in [5.41, 5.74) is 0.427. The van der Waals surface area contributed by atoms with Gasteiger partial charge in [0.1, 0.15) is 25.4 Å². The largest absolute Gasteiger partial charge is 0.462 e. The number of carbonyl (C=O) groups is 2. The van der Waals surface area contributed by atoms with Crippen molar-refractivity contribution in [2.75, 3.05) is 26.4 Å². The number of hydrogen-bond acceptors (Lipinski definition) is 6. The van der Waals surface area contributed by atoms with Gasteiger partial charge in [0.15, 0.2) is 0 Å². The van der Waals surface area contributed by atoms with Crippen molar-refractivity contribution in [2.24, 2.45) is 11.8 Å². The van der Waals surface area contributed by atoms with E-state index in [1.165, 1.54) is 0 Å². The zero-order valence-electron chi connectivity index (χ0n) is 12.1. The molecule has 4 unspecified atom stereocenters. The number of carbonyl (C=O) groups excluding carboxylic acids is 2. The number of epoxide rings is 2. The van der Waals surface area contributed by atoms with Gasteiger partial charge in [0, 0.05) is 5.57 Å². The zero-order chi connectivity index (χ0) is 14.8. The lowest BCUT2D eigenvalue weighted by atomic mass is 9.79. The minimum atomic E-state index is -0.537. The number of ether oxygens (including phenoxy) is 4. The van der Waals surface area contributed by atoms with Gasteiger partial charge in [-0.2, -0.15) is 0 Å². The third kappa shape index (κ3) is 3.83. The van der Waals surface area contributed by atoms with Crippen LogP contribution >= 0.6 is 0 Å². The first-order valence-corrected chi connectivity index (χ1v) is 7.42. The summed E-state index contributed by atoms with van der Waals surface area (Å²) in [6.45, 7) is 3.75. The van der Waals surface area contributed by atoms with Gasteiger partial charge in [-0.05, 0) is 18.8 Å². The van der Waals surface area contributed by atoms with Crippen LogP contribution in [0.15, 0.2) is 11.6 Å². The molecule has 0 bridgehead atoms. The van der Waals surface area contributed by atoms with E-state index in [0.717, 1.165) is 12.8 Å². The molecule has 0 saturated carbocycles. The maximum atomic E-state index is 12.3. The Bertz CT molecular complexity index is 449. The van der Waals surface area contributed by atoms with Crippen LogP contribution in [-0.4, -0.2) is 50.6 Å². The minimum absolute atomic E-state index is 0.0213. The Hall–Kier alpha value is -1.40. The van der Waals surface area contributed by atoms with Gasteiger partial charge in [-0.25, -0.2) is 4.79 Å². The lowest BCUT2D eigenvalue weighted by molar-refractivity contribution is -0.153. The second-order valence-corrected chi connectivity index (χ2v) is 5.83. The summed E-state index contributed by atoms with van der Waals surface area (Å²) in [5, 5.41) is 0. The van der Waals surface area contributed by atoms with Crippen molar-refractivity contribution in [1.82, 2.24) is 0 Å². The fourth-order valence-corrected chi connectivity index (χ4v) is 2.52. The third-order valence-corrected chi connectivity index (χ3v) is 4.00. The summed E-state index contributed by atoms with van der Waals surface area (Å²) in [4.78, 5) is 24.4. The highest BCUT2D eigenvalue weighted by molar-refractivity contribution is 5.96. The second kappa shape index (κ2) is 6.15. The molecule has 2 fully saturated rings. The summed E-state index contributed by atoms with van der Waals surface area (Å²) in [5.74, 6) is -1.25. The molecule has 6 heteroatoms. The Morgan fingerprint density at radius 2 is 1.81 bits per heavy atom. The van der Waals surface area contributed by atoms with Crippen molar-refractivity contribution in [3.05, 3.63) is 11.6 Å². The van der Waals surface area contributed by atoms with Crippen LogP contribution in [0.2, 0.25) is 0 Å². The monoisotopic (exact) mass is 296 g/mol. The van der Waals surface area contributed by atoms with Gasteiger partial charge < -0.3 is 18.9 Å². The molecule has 0 aromatic heterocycles. The molecule has 0 spiro atoms. The molecule has 3 aliphatic rings. The van der Waals surface area contributed by atoms with Crippen LogP contribution < -0.4 is 0 Å². The zero-order valence-corrected chi connectivity index (χ0v) is 12.1. The summed E-state index contributed by atoms with van der Waals surface area (Å²) in [6, 6.07) is 0. The van der Waals surface area contributed by atoms with Crippen LogP contribution in [0, 0.1) is 11.8 Å². The highest BCUT2D eigenvalue weighted by Crippen LogP contribution is 2.32. The number of allylic oxidation sites excluding steroid dienone is 1. The van der Waals surface area contributed by atoms with E-state index in [1.807, 2.05) is 6.92 Å². The van der Waals surface area contributed by atoms with Crippen molar-refractivity contribution < 1.29 is 28.5 Å². The SMILES string of the molecule is CC1CCC=C(C(=O)OCC2CO2)C1C(=O)OCC1CO1. The molecule has 3 rings (SSSR count). The molecule has 116 valence electrons. The molecule has 0 radical (unpaired) electrons. The minimum Gasteiger partial charge on any atom is -0.462 e. The van der Waals surface area contributed by atoms with Gasteiger partial charge in [-0.1, -0.05) is 13.0 Å². The molecular weight excluding hydrogens is 276 g/mol. The van der Waals surface area contributed by atoms with E-state index in [4.69, 9.17) is 18.9 Å². The van der Waals surface area contributed by atoms with Gasteiger partial charge in [0.05, 0.1) is 19.1 Å². The highest BCUT2D eigenvalue weighted by atomic mass is 16.6. The van der Waals surface area contributed by atoms with Gasteiger partial charge in [0.2, 0.25) is 0 Å². The molecule has 0 aromatic carbocycles. The Morgan fingerprint density at radius 3 is 2.43 bits per heavy atom. The van der Waals surface area contributed by atoms with Crippen LogP contribution in [0.4, 0.5) is 0 Å². The summed E-state index contributed by atoms with van der Waals surface area (Å²) in [6.07, 6.45) is 3.49. The first-order valence-electron chi connectivity index (χ1n) is 7.42. The van der Waals surface area contributed by atoms with E-state index in [0.29, 0.717) is 18.8 Å². The Labute approximate surface area is 123 Å². The fourth-order valence-electron chi connectivity index (χ4n) is 2.52. The standard InChI is InChI=1S/C15H20O6/c1-9-3-2-4-12(14(16)20-7-10-5-18-10)13(9)15(17)21-8-11-6-19-11/h4,9-11,13H,2-3,5-8H2,1H3. The van der Waals surface area contributed by atoms with Crippen molar-refractivity contribution >= 4 is 11.9 Å². The van der Waals surface area contributed by atoms with E-state index >= 15 is 0 Å². The van der Waals surface area contributed by atoms with Crippen LogP contribution in [0.5, 0.6) is 0 Å². The fraction of sp³-hybridized carbons (Fsp3) is 0.733. The molecule has 0 aromatic rings. The van der Waals surface area contributed by atoms with E-state index < -0.39 is 11.9 Å².